The van der Waals surface area contributed by atoms with Crippen molar-refractivity contribution in [1.29, 1.82) is 0 Å². The molecule has 1 heterocycles. The molecule has 0 bridgehead atoms. The van der Waals surface area contributed by atoms with E-state index >= 15 is 0 Å². The van der Waals surface area contributed by atoms with Crippen LogP contribution in [0.25, 0.3) is 0 Å². The third-order valence-electron chi connectivity index (χ3n) is 4.26. The Kier molecular flexibility index (Phi) is 3.20. The molecular formula is C18H21N3. The van der Waals surface area contributed by atoms with Gasteiger partial charge in [-0.1, -0.05) is 42.0 Å². The van der Waals surface area contributed by atoms with Crippen LogP contribution in [0, 0.1) is 13.8 Å². The van der Waals surface area contributed by atoms with Crippen LogP contribution >= 0.6 is 0 Å². The van der Waals surface area contributed by atoms with Crippen molar-refractivity contribution in [3.05, 3.63) is 65.2 Å². The molecule has 0 radical (unpaired) electrons. The molecule has 21 heavy (non-hydrogen) atoms. The molecule has 3 nitrogen and oxygen atoms in total. The fraction of sp³-hybridized carbons (Fsp3) is 0.278. The number of rotatable bonds is 2. The van der Waals surface area contributed by atoms with Crippen LogP contribution in [-0.4, -0.2) is 12.5 Å². The number of hydrogen-bond donors (Lipinski definition) is 1. The van der Waals surface area contributed by atoms with Crippen LogP contribution < -0.4 is 10.6 Å². The first-order chi connectivity index (χ1) is 10.0. The topological polar surface area (TPSA) is 41.6 Å². The molecular weight excluding hydrogens is 258 g/mol. The highest BCUT2D eigenvalue weighted by Crippen LogP contribution is 2.38. The SMILES string of the molecule is Cc1ccc(C)c(C2(C)CN=C(N)N2c2ccccc2)c1. The van der Waals surface area contributed by atoms with Gasteiger partial charge >= 0.3 is 0 Å². The van der Waals surface area contributed by atoms with Crippen LogP contribution in [0.15, 0.2) is 53.5 Å². The minimum Gasteiger partial charge on any atom is -0.369 e. The smallest absolute Gasteiger partial charge is 0.196 e. The molecule has 2 aromatic carbocycles. The van der Waals surface area contributed by atoms with Crippen molar-refractivity contribution in [3.63, 3.8) is 0 Å². The van der Waals surface area contributed by atoms with E-state index in [-0.39, 0.29) is 5.54 Å². The molecule has 0 aromatic heterocycles. The summed E-state index contributed by atoms with van der Waals surface area (Å²) in [5, 5.41) is 0. The molecule has 0 aliphatic carbocycles. The van der Waals surface area contributed by atoms with Gasteiger partial charge in [-0.25, -0.2) is 0 Å². The zero-order chi connectivity index (χ0) is 15.0. The lowest BCUT2D eigenvalue weighted by Crippen LogP contribution is -2.48. The summed E-state index contributed by atoms with van der Waals surface area (Å²) in [6.45, 7) is 7.17. The van der Waals surface area contributed by atoms with Crippen LogP contribution in [0.1, 0.15) is 23.6 Å². The van der Waals surface area contributed by atoms with Gasteiger partial charge in [-0.15, -0.1) is 0 Å². The summed E-state index contributed by atoms with van der Waals surface area (Å²) in [5.41, 5.74) is 10.9. The number of para-hydroxylation sites is 1. The summed E-state index contributed by atoms with van der Waals surface area (Å²) in [6.07, 6.45) is 0. The molecule has 0 saturated heterocycles. The Morgan fingerprint density at radius 1 is 1.10 bits per heavy atom. The molecule has 0 saturated carbocycles. The van der Waals surface area contributed by atoms with Crippen LogP contribution in [-0.2, 0) is 5.54 Å². The van der Waals surface area contributed by atoms with Gasteiger partial charge < -0.3 is 10.6 Å². The van der Waals surface area contributed by atoms with Gasteiger partial charge in [-0.3, -0.25) is 4.99 Å². The van der Waals surface area contributed by atoms with Crippen molar-refractivity contribution in [2.24, 2.45) is 10.7 Å². The lowest BCUT2D eigenvalue weighted by Gasteiger charge is -2.37. The number of guanidine groups is 1. The van der Waals surface area contributed by atoms with E-state index in [1.165, 1.54) is 16.7 Å². The summed E-state index contributed by atoms with van der Waals surface area (Å²) in [7, 11) is 0. The largest absolute Gasteiger partial charge is 0.369 e. The van der Waals surface area contributed by atoms with Gasteiger partial charge in [0.15, 0.2) is 5.96 Å². The van der Waals surface area contributed by atoms with E-state index in [4.69, 9.17) is 5.73 Å². The predicted molar refractivity (Wildman–Crippen MR) is 88.7 cm³/mol. The fourth-order valence-corrected chi connectivity index (χ4v) is 3.15. The molecule has 2 N–H and O–H groups in total. The number of nitrogens with two attached hydrogens (primary N) is 1. The third-order valence-corrected chi connectivity index (χ3v) is 4.26. The quantitative estimate of drug-likeness (QED) is 0.916. The van der Waals surface area contributed by atoms with Gasteiger partial charge in [-0.2, -0.15) is 0 Å². The van der Waals surface area contributed by atoms with Gasteiger partial charge in [0.05, 0.1) is 12.1 Å². The van der Waals surface area contributed by atoms with Gasteiger partial charge in [0, 0.05) is 5.69 Å². The number of benzene rings is 2. The standard InChI is InChI=1S/C18H21N3/c1-13-9-10-14(2)16(11-13)18(3)12-20-17(19)21(18)15-7-5-4-6-8-15/h4-11H,12H2,1-3H3,(H2,19,20). The number of hydrogen-bond acceptors (Lipinski definition) is 3. The molecule has 2 aromatic rings. The molecule has 0 fully saturated rings. The average molecular weight is 279 g/mol. The summed E-state index contributed by atoms with van der Waals surface area (Å²) in [4.78, 5) is 6.66. The minimum absolute atomic E-state index is 0.235. The van der Waals surface area contributed by atoms with Gasteiger partial charge in [0.2, 0.25) is 0 Å². The summed E-state index contributed by atoms with van der Waals surface area (Å²) in [5.74, 6) is 0.588. The monoisotopic (exact) mass is 279 g/mol. The second-order valence-electron chi connectivity index (χ2n) is 5.94. The Balaban J connectivity index is 2.14. The Hall–Kier alpha value is -2.29. The third kappa shape index (κ3) is 2.19. The maximum atomic E-state index is 6.19. The van der Waals surface area contributed by atoms with Crippen molar-refractivity contribution in [1.82, 2.24) is 0 Å². The summed E-state index contributed by atoms with van der Waals surface area (Å²) < 4.78 is 0. The molecule has 3 rings (SSSR count). The molecule has 1 aliphatic heterocycles. The van der Waals surface area contributed by atoms with Crippen LogP contribution in [0.3, 0.4) is 0 Å². The van der Waals surface area contributed by atoms with Crippen molar-refractivity contribution < 1.29 is 0 Å². The molecule has 0 amide bonds. The maximum Gasteiger partial charge on any atom is 0.196 e. The zero-order valence-electron chi connectivity index (χ0n) is 12.8. The molecule has 108 valence electrons. The second kappa shape index (κ2) is 4.92. The van der Waals surface area contributed by atoms with E-state index in [1.807, 2.05) is 18.2 Å². The first-order valence-electron chi connectivity index (χ1n) is 7.25. The number of anilines is 1. The Labute approximate surface area is 126 Å². The van der Waals surface area contributed by atoms with Gasteiger partial charge in [0.25, 0.3) is 0 Å². The number of nitrogens with zero attached hydrogens (tertiary/aromatic N) is 2. The van der Waals surface area contributed by atoms with Crippen molar-refractivity contribution in [3.8, 4) is 0 Å². The van der Waals surface area contributed by atoms with E-state index in [0.717, 1.165) is 5.69 Å². The Bertz CT molecular complexity index is 691. The van der Waals surface area contributed by atoms with Crippen LogP contribution in [0.5, 0.6) is 0 Å². The normalized spacial score (nSPS) is 21.5. The van der Waals surface area contributed by atoms with E-state index < -0.39 is 0 Å². The Morgan fingerprint density at radius 3 is 2.52 bits per heavy atom. The van der Waals surface area contributed by atoms with Crippen LogP contribution in [0.4, 0.5) is 5.69 Å². The number of aliphatic imine (C=N–C) groups is 1. The van der Waals surface area contributed by atoms with Crippen molar-refractivity contribution in [2.75, 3.05) is 11.4 Å². The number of aryl methyl sites for hydroxylation is 2. The zero-order valence-corrected chi connectivity index (χ0v) is 12.8. The first kappa shape index (κ1) is 13.7. The van der Waals surface area contributed by atoms with Crippen molar-refractivity contribution >= 4 is 11.6 Å². The second-order valence-corrected chi connectivity index (χ2v) is 5.94. The highest BCUT2D eigenvalue weighted by atomic mass is 15.4. The molecule has 1 aliphatic rings. The summed E-state index contributed by atoms with van der Waals surface area (Å²) in [6, 6.07) is 16.8. The minimum atomic E-state index is -0.235. The van der Waals surface area contributed by atoms with Gasteiger partial charge in [-0.05, 0) is 44.0 Å². The maximum absolute atomic E-state index is 6.19. The molecule has 1 unspecified atom stereocenters. The molecule has 3 heteroatoms. The van der Waals surface area contributed by atoms with E-state index in [2.05, 4.69) is 61.0 Å². The first-order valence-corrected chi connectivity index (χ1v) is 7.25. The van der Waals surface area contributed by atoms with E-state index in [1.54, 1.807) is 0 Å². The lowest BCUT2D eigenvalue weighted by molar-refractivity contribution is 0.529. The fourth-order valence-electron chi connectivity index (χ4n) is 3.15. The van der Waals surface area contributed by atoms with Gasteiger partial charge in [0.1, 0.15) is 0 Å². The summed E-state index contributed by atoms with van der Waals surface area (Å²) >= 11 is 0. The predicted octanol–water partition coefficient (Wildman–Crippen LogP) is 3.35. The highest BCUT2D eigenvalue weighted by molar-refractivity contribution is 5.98. The molecule has 0 spiro atoms. The average Bonchev–Trinajstić information content (AvgIpc) is 2.79. The van der Waals surface area contributed by atoms with E-state index in [9.17, 15) is 0 Å². The highest BCUT2D eigenvalue weighted by Gasteiger charge is 2.41. The van der Waals surface area contributed by atoms with E-state index in [0.29, 0.717) is 12.5 Å². The lowest BCUT2D eigenvalue weighted by atomic mass is 9.86. The Morgan fingerprint density at radius 2 is 1.81 bits per heavy atom. The van der Waals surface area contributed by atoms with Crippen LogP contribution in [0.2, 0.25) is 0 Å². The molecule has 1 atom stereocenters. The van der Waals surface area contributed by atoms with Crippen molar-refractivity contribution in [2.45, 2.75) is 26.3 Å².